The molecule has 3 rings (SSSR count). The van der Waals surface area contributed by atoms with Gasteiger partial charge in [0.2, 0.25) is 0 Å². The molecule has 0 aromatic heterocycles. The molecule has 0 spiro atoms. The largest absolute Gasteiger partial charge is 0.505 e. The average molecular weight is 465 g/mol. The SMILES string of the molecule is COc1cc(OC)c(C(=O)C2C(OCc3ccccc3Cl)=CC(=O)CC2C)c(O)c1Cl. The van der Waals surface area contributed by atoms with E-state index in [1.54, 1.807) is 25.1 Å². The van der Waals surface area contributed by atoms with Gasteiger partial charge in [0, 0.05) is 29.1 Å². The van der Waals surface area contributed by atoms with Crippen molar-refractivity contribution in [1.29, 1.82) is 0 Å². The molecular weight excluding hydrogens is 443 g/mol. The van der Waals surface area contributed by atoms with E-state index < -0.39 is 17.5 Å². The highest BCUT2D eigenvalue weighted by atomic mass is 35.5. The number of halogens is 2. The molecule has 1 aliphatic rings. The number of phenolic OH excluding ortho intramolecular Hbond substituents is 1. The van der Waals surface area contributed by atoms with Crippen molar-refractivity contribution in [2.24, 2.45) is 11.8 Å². The lowest BCUT2D eigenvalue weighted by Gasteiger charge is -2.29. The number of Topliss-reactive ketones (excluding diaryl/α,β-unsaturated/α-hetero) is 1. The van der Waals surface area contributed by atoms with Crippen molar-refractivity contribution in [3.05, 3.63) is 63.3 Å². The number of allylic oxidation sites excluding steroid dienone is 2. The Balaban J connectivity index is 1.99. The summed E-state index contributed by atoms with van der Waals surface area (Å²) < 4.78 is 16.3. The number of aromatic hydroxyl groups is 1. The molecule has 6 nitrogen and oxygen atoms in total. The number of ketones is 2. The van der Waals surface area contributed by atoms with Gasteiger partial charge in [0.1, 0.15) is 34.5 Å². The maximum absolute atomic E-state index is 13.6. The summed E-state index contributed by atoms with van der Waals surface area (Å²) in [7, 11) is 2.76. The van der Waals surface area contributed by atoms with Crippen LogP contribution in [0.1, 0.15) is 29.3 Å². The van der Waals surface area contributed by atoms with Gasteiger partial charge < -0.3 is 19.3 Å². The fourth-order valence-corrected chi connectivity index (χ4v) is 4.04. The second-order valence-corrected chi connectivity index (χ2v) is 8.02. The minimum atomic E-state index is -0.815. The highest BCUT2D eigenvalue weighted by Gasteiger charge is 2.39. The number of hydrogen-bond acceptors (Lipinski definition) is 6. The molecule has 0 aliphatic heterocycles. The van der Waals surface area contributed by atoms with Crippen molar-refractivity contribution in [2.45, 2.75) is 20.0 Å². The third-order valence-electron chi connectivity index (χ3n) is 5.19. The molecule has 1 N–H and O–H groups in total. The second kappa shape index (κ2) is 9.62. The zero-order valence-corrected chi connectivity index (χ0v) is 18.8. The highest BCUT2D eigenvalue weighted by Crippen LogP contribution is 2.45. The first-order valence-corrected chi connectivity index (χ1v) is 10.3. The van der Waals surface area contributed by atoms with Crippen LogP contribution in [0.3, 0.4) is 0 Å². The van der Waals surface area contributed by atoms with Gasteiger partial charge in [-0.15, -0.1) is 0 Å². The van der Waals surface area contributed by atoms with E-state index in [-0.39, 0.29) is 52.6 Å². The number of methoxy groups -OCH3 is 2. The van der Waals surface area contributed by atoms with Crippen molar-refractivity contribution in [3.8, 4) is 17.2 Å². The maximum Gasteiger partial charge on any atom is 0.181 e. The first-order valence-electron chi connectivity index (χ1n) is 9.56. The van der Waals surface area contributed by atoms with Crippen LogP contribution in [0.25, 0.3) is 0 Å². The molecule has 1 aliphatic carbocycles. The van der Waals surface area contributed by atoms with Crippen LogP contribution >= 0.6 is 23.2 Å². The molecule has 2 aromatic carbocycles. The molecular formula is C23H22Cl2O6. The van der Waals surface area contributed by atoms with E-state index in [9.17, 15) is 14.7 Å². The van der Waals surface area contributed by atoms with Crippen molar-refractivity contribution in [2.75, 3.05) is 14.2 Å². The Morgan fingerprint density at radius 2 is 1.84 bits per heavy atom. The monoisotopic (exact) mass is 464 g/mol. The van der Waals surface area contributed by atoms with Gasteiger partial charge in [-0.2, -0.15) is 0 Å². The van der Waals surface area contributed by atoms with Gasteiger partial charge in [-0.3, -0.25) is 9.59 Å². The van der Waals surface area contributed by atoms with Crippen molar-refractivity contribution in [3.63, 3.8) is 0 Å². The third kappa shape index (κ3) is 4.65. The molecule has 2 aromatic rings. The molecule has 0 radical (unpaired) electrons. The van der Waals surface area contributed by atoms with Crippen molar-refractivity contribution >= 4 is 34.8 Å². The number of benzene rings is 2. The summed E-state index contributed by atoms with van der Waals surface area (Å²) in [4.78, 5) is 25.7. The van der Waals surface area contributed by atoms with Gasteiger partial charge in [-0.05, 0) is 12.0 Å². The molecule has 2 unspecified atom stereocenters. The Labute approximate surface area is 190 Å². The van der Waals surface area contributed by atoms with Crippen molar-refractivity contribution < 1.29 is 28.9 Å². The molecule has 0 saturated heterocycles. The smallest absolute Gasteiger partial charge is 0.181 e. The number of ether oxygens (including phenoxy) is 3. The summed E-state index contributed by atoms with van der Waals surface area (Å²) in [5, 5.41) is 11.0. The minimum absolute atomic E-state index is 0.0851. The van der Waals surface area contributed by atoms with E-state index in [0.29, 0.717) is 5.02 Å². The molecule has 0 saturated carbocycles. The third-order valence-corrected chi connectivity index (χ3v) is 5.93. The van der Waals surface area contributed by atoms with Crippen LogP contribution < -0.4 is 9.47 Å². The van der Waals surface area contributed by atoms with E-state index in [1.807, 2.05) is 6.07 Å². The number of phenols is 1. The van der Waals surface area contributed by atoms with Gasteiger partial charge >= 0.3 is 0 Å². The fourth-order valence-electron chi connectivity index (χ4n) is 3.62. The lowest BCUT2D eigenvalue weighted by Crippen LogP contribution is -2.31. The molecule has 31 heavy (non-hydrogen) atoms. The molecule has 164 valence electrons. The van der Waals surface area contributed by atoms with Crippen LogP contribution in [0.2, 0.25) is 10.0 Å². The predicted molar refractivity (Wildman–Crippen MR) is 117 cm³/mol. The summed E-state index contributed by atoms with van der Waals surface area (Å²) in [5.41, 5.74) is 0.626. The summed E-state index contributed by atoms with van der Waals surface area (Å²) >= 11 is 12.4. The van der Waals surface area contributed by atoms with E-state index in [0.717, 1.165) is 5.56 Å². The van der Waals surface area contributed by atoms with Crippen LogP contribution in [-0.2, 0) is 16.1 Å². The molecule has 0 bridgehead atoms. The van der Waals surface area contributed by atoms with Gasteiger partial charge in [-0.25, -0.2) is 0 Å². The first kappa shape index (κ1) is 23.0. The zero-order valence-electron chi connectivity index (χ0n) is 17.3. The molecule has 0 fully saturated rings. The standard InChI is InChI=1S/C23H22Cl2O6/c1-12-8-14(26)9-17(31-11-13-6-4-5-7-15(13)24)19(12)22(27)20-16(29-2)10-18(30-3)21(25)23(20)28/h4-7,9-10,12,19,28H,8,11H2,1-3H3. The van der Waals surface area contributed by atoms with Crippen LogP contribution in [0.4, 0.5) is 0 Å². The second-order valence-electron chi connectivity index (χ2n) is 7.24. The average Bonchev–Trinajstić information content (AvgIpc) is 2.74. The fraction of sp³-hybridized carbons (Fsp3) is 0.304. The minimum Gasteiger partial charge on any atom is -0.505 e. The van der Waals surface area contributed by atoms with E-state index >= 15 is 0 Å². The molecule has 2 atom stereocenters. The lowest BCUT2D eigenvalue weighted by atomic mass is 9.78. The number of hydrogen-bond donors (Lipinski definition) is 1. The van der Waals surface area contributed by atoms with Crippen LogP contribution in [-0.4, -0.2) is 30.9 Å². The van der Waals surface area contributed by atoms with Gasteiger partial charge in [-0.1, -0.05) is 48.3 Å². The van der Waals surface area contributed by atoms with Crippen molar-refractivity contribution in [1.82, 2.24) is 0 Å². The Morgan fingerprint density at radius 3 is 2.48 bits per heavy atom. The Bertz CT molecular complexity index is 1050. The first-order chi connectivity index (χ1) is 14.8. The summed E-state index contributed by atoms with van der Waals surface area (Å²) in [6.07, 6.45) is 1.50. The summed E-state index contributed by atoms with van der Waals surface area (Å²) in [6, 6.07) is 8.58. The van der Waals surface area contributed by atoms with Gasteiger partial charge in [0.15, 0.2) is 17.3 Å². The number of carbonyl (C=O) groups excluding carboxylic acids is 2. The Morgan fingerprint density at radius 1 is 1.16 bits per heavy atom. The normalized spacial score (nSPS) is 18.4. The van der Waals surface area contributed by atoms with E-state index in [4.69, 9.17) is 37.4 Å². The Kier molecular flexibility index (Phi) is 7.13. The topological polar surface area (TPSA) is 82.1 Å². The quantitative estimate of drug-likeness (QED) is 0.565. The zero-order chi connectivity index (χ0) is 22.7. The lowest BCUT2D eigenvalue weighted by molar-refractivity contribution is -0.116. The maximum atomic E-state index is 13.6. The van der Waals surface area contributed by atoms with E-state index in [2.05, 4.69) is 0 Å². The van der Waals surface area contributed by atoms with Crippen LogP contribution in [0.5, 0.6) is 17.2 Å². The number of carbonyl (C=O) groups is 2. The van der Waals surface area contributed by atoms with Gasteiger partial charge in [0.25, 0.3) is 0 Å². The molecule has 8 heteroatoms. The Hall–Kier alpha value is -2.70. The van der Waals surface area contributed by atoms with Gasteiger partial charge in [0.05, 0.1) is 20.1 Å². The number of rotatable bonds is 7. The highest BCUT2D eigenvalue weighted by molar-refractivity contribution is 6.34. The predicted octanol–water partition coefficient (Wildman–Crippen LogP) is 5.22. The van der Waals surface area contributed by atoms with E-state index in [1.165, 1.54) is 26.4 Å². The van der Waals surface area contributed by atoms with Crippen LogP contribution in [0.15, 0.2) is 42.2 Å². The summed E-state index contributed by atoms with van der Waals surface area (Å²) in [5.74, 6) is -1.75. The molecule has 0 heterocycles. The molecule has 0 amide bonds. The van der Waals surface area contributed by atoms with Crippen LogP contribution in [0, 0.1) is 11.8 Å². The summed E-state index contributed by atoms with van der Waals surface area (Å²) in [6.45, 7) is 1.86.